The molecular weight excluding hydrogens is 464 g/mol. The maximum Gasteiger partial charge on any atom is 0.449 e. The summed E-state index contributed by atoms with van der Waals surface area (Å²) in [5, 5.41) is 0. The molecule has 1 aromatic heterocycles. The molecule has 7 nitrogen and oxygen atoms in total. The highest BCUT2D eigenvalue weighted by molar-refractivity contribution is 7.89. The molecule has 0 radical (unpaired) electrons. The Bertz CT molecular complexity index is 1270. The minimum Gasteiger partial charge on any atom is -0.340 e. The van der Waals surface area contributed by atoms with Gasteiger partial charge in [-0.25, -0.2) is 17.8 Å². The van der Waals surface area contributed by atoms with Gasteiger partial charge in [0.05, 0.1) is 15.9 Å². The fourth-order valence-corrected chi connectivity index (χ4v) is 5.30. The molecule has 1 aliphatic heterocycles. The van der Waals surface area contributed by atoms with Gasteiger partial charge in [-0.05, 0) is 42.8 Å². The molecule has 1 fully saturated rings. The minimum atomic E-state index is -4.74. The summed E-state index contributed by atoms with van der Waals surface area (Å²) in [6.07, 6.45) is -4.43. The zero-order chi connectivity index (χ0) is 23.8. The average Bonchev–Trinajstić information content (AvgIpc) is 2.95. The maximum atomic E-state index is 13.5. The number of benzene rings is 2. The second-order valence-corrected chi connectivity index (χ2v) is 9.54. The summed E-state index contributed by atoms with van der Waals surface area (Å²) in [5.74, 6) is -2.29. The van der Waals surface area contributed by atoms with Crippen molar-refractivity contribution in [1.82, 2.24) is 18.8 Å². The Balaban J connectivity index is 1.52. The quantitative estimate of drug-likeness (QED) is 0.534. The third-order valence-electron chi connectivity index (χ3n) is 5.46. The molecule has 0 saturated carbocycles. The predicted octanol–water partition coefficient (Wildman–Crippen LogP) is 3.12. The van der Waals surface area contributed by atoms with Gasteiger partial charge in [0.25, 0.3) is 0 Å². The van der Waals surface area contributed by atoms with E-state index in [-0.39, 0.29) is 42.1 Å². The van der Waals surface area contributed by atoms with Crippen molar-refractivity contribution in [1.29, 1.82) is 0 Å². The number of amides is 1. The molecule has 2 heterocycles. The van der Waals surface area contributed by atoms with Crippen LogP contribution in [0, 0.1) is 5.82 Å². The van der Waals surface area contributed by atoms with Crippen LogP contribution in [0.4, 0.5) is 17.6 Å². The van der Waals surface area contributed by atoms with Crippen molar-refractivity contribution in [3.05, 3.63) is 60.2 Å². The molecule has 1 amide bonds. The molecule has 0 aliphatic carbocycles. The van der Waals surface area contributed by atoms with Crippen LogP contribution in [0.25, 0.3) is 11.0 Å². The van der Waals surface area contributed by atoms with E-state index in [0.29, 0.717) is 6.42 Å². The lowest BCUT2D eigenvalue weighted by Gasteiger charge is -2.23. The number of rotatable bonds is 4. The summed E-state index contributed by atoms with van der Waals surface area (Å²) in [5.41, 5.74) is 0.318. The Labute approximate surface area is 187 Å². The smallest absolute Gasteiger partial charge is 0.340 e. The van der Waals surface area contributed by atoms with Crippen molar-refractivity contribution in [2.75, 3.05) is 26.2 Å². The first-order valence-corrected chi connectivity index (χ1v) is 11.6. The lowest BCUT2D eigenvalue weighted by Crippen LogP contribution is -2.39. The highest BCUT2D eigenvalue weighted by atomic mass is 32.2. The van der Waals surface area contributed by atoms with Gasteiger partial charge in [-0.3, -0.25) is 4.79 Å². The van der Waals surface area contributed by atoms with Crippen molar-refractivity contribution >= 4 is 27.0 Å². The highest BCUT2D eigenvalue weighted by Crippen LogP contribution is 2.31. The van der Waals surface area contributed by atoms with E-state index >= 15 is 0 Å². The van der Waals surface area contributed by atoms with Gasteiger partial charge < -0.3 is 9.47 Å². The van der Waals surface area contributed by atoms with E-state index in [2.05, 4.69) is 4.98 Å². The van der Waals surface area contributed by atoms with Crippen LogP contribution in [0.1, 0.15) is 12.2 Å². The molecule has 0 unspecified atom stereocenters. The molecule has 4 rings (SSSR count). The van der Waals surface area contributed by atoms with E-state index in [9.17, 15) is 30.8 Å². The third kappa shape index (κ3) is 4.71. The SMILES string of the molecule is O=C(Cn1c(C(F)(F)F)nc2ccccc21)N1CCCN(S(=O)(=O)c2ccc(F)cc2)CC1. The predicted molar refractivity (Wildman–Crippen MR) is 111 cm³/mol. The average molecular weight is 484 g/mol. The number of para-hydroxylation sites is 2. The number of halogens is 4. The lowest BCUT2D eigenvalue weighted by atomic mass is 10.3. The highest BCUT2D eigenvalue weighted by Gasteiger charge is 2.38. The summed E-state index contributed by atoms with van der Waals surface area (Å²) >= 11 is 0. The Morgan fingerprint density at radius 1 is 0.970 bits per heavy atom. The number of hydrogen-bond acceptors (Lipinski definition) is 4. The molecule has 12 heteroatoms. The van der Waals surface area contributed by atoms with Crippen LogP contribution < -0.4 is 0 Å². The van der Waals surface area contributed by atoms with Crippen LogP contribution in [0.15, 0.2) is 53.4 Å². The number of aromatic nitrogens is 2. The Hall–Kier alpha value is -2.99. The van der Waals surface area contributed by atoms with Crippen LogP contribution >= 0.6 is 0 Å². The first kappa shape index (κ1) is 23.2. The number of sulfonamides is 1. The molecule has 0 bridgehead atoms. The fourth-order valence-electron chi connectivity index (χ4n) is 3.83. The van der Waals surface area contributed by atoms with Gasteiger partial charge in [0, 0.05) is 26.2 Å². The molecule has 33 heavy (non-hydrogen) atoms. The van der Waals surface area contributed by atoms with Gasteiger partial charge in [-0.2, -0.15) is 17.5 Å². The van der Waals surface area contributed by atoms with Crippen LogP contribution in [0.3, 0.4) is 0 Å². The van der Waals surface area contributed by atoms with E-state index in [1.807, 2.05) is 0 Å². The molecule has 0 N–H and O–H groups in total. The number of imidazole rings is 1. The Morgan fingerprint density at radius 3 is 2.36 bits per heavy atom. The lowest BCUT2D eigenvalue weighted by molar-refractivity contribution is -0.148. The molecule has 176 valence electrons. The number of carbonyl (C=O) groups is 1. The third-order valence-corrected chi connectivity index (χ3v) is 7.37. The van der Waals surface area contributed by atoms with E-state index in [4.69, 9.17) is 0 Å². The fraction of sp³-hybridized carbons (Fsp3) is 0.333. The van der Waals surface area contributed by atoms with Crippen LogP contribution in [0.2, 0.25) is 0 Å². The first-order valence-electron chi connectivity index (χ1n) is 10.1. The van der Waals surface area contributed by atoms with Crippen molar-refractivity contribution in [2.45, 2.75) is 24.0 Å². The Kier molecular flexibility index (Phi) is 6.14. The summed E-state index contributed by atoms with van der Waals surface area (Å²) in [7, 11) is -3.89. The Morgan fingerprint density at radius 2 is 1.67 bits per heavy atom. The van der Waals surface area contributed by atoms with Crippen molar-refractivity contribution in [2.24, 2.45) is 0 Å². The minimum absolute atomic E-state index is 0.0211. The van der Waals surface area contributed by atoms with Gasteiger partial charge in [-0.15, -0.1) is 0 Å². The maximum absolute atomic E-state index is 13.5. The van der Waals surface area contributed by atoms with Gasteiger partial charge in [0.15, 0.2) is 0 Å². The number of fused-ring (bicyclic) bond motifs is 1. The van der Waals surface area contributed by atoms with Crippen LogP contribution in [-0.2, 0) is 27.5 Å². The molecule has 1 aliphatic rings. The molecule has 0 atom stereocenters. The number of hydrogen-bond donors (Lipinski definition) is 0. The van der Waals surface area contributed by atoms with Crippen LogP contribution in [0.5, 0.6) is 0 Å². The summed E-state index contributed by atoms with van der Waals surface area (Å²) in [6, 6.07) is 10.5. The van der Waals surface area contributed by atoms with E-state index in [0.717, 1.165) is 16.7 Å². The van der Waals surface area contributed by atoms with Crippen LogP contribution in [-0.4, -0.2) is 59.3 Å². The molecule has 1 saturated heterocycles. The van der Waals surface area contributed by atoms with Gasteiger partial charge in [-0.1, -0.05) is 12.1 Å². The van der Waals surface area contributed by atoms with E-state index in [1.165, 1.54) is 33.5 Å². The standard InChI is InChI=1S/C21H20F4N4O3S/c22-15-6-8-16(9-7-15)33(31,32)28-11-3-10-27(12-13-28)19(30)14-29-18-5-2-1-4-17(18)26-20(29)21(23,24)25/h1-2,4-9H,3,10-14H2. The topological polar surface area (TPSA) is 75.5 Å². The van der Waals surface area contributed by atoms with E-state index < -0.39 is 40.3 Å². The number of alkyl halides is 3. The normalized spacial score (nSPS) is 16.2. The zero-order valence-electron chi connectivity index (χ0n) is 17.3. The summed E-state index contributed by atoms with van der Waals surface area (Å²) in [4.78, 5) is 17.8. The second kappa shape index (κ2) is 8.75. The monoisotopic (exact) mass is 484 g/mol. The largest absolute Gasteiger partial charge is 0.449 e. The van der Waals surface area contributed by atoms with Gasteiger partial charge in [0.2, 0.25) is 21.8 Å². The second-order valence-electron chi connectivity index (χ2n) is 7.60. The van der Waals surface area contributed by atoms with Crippen molar-refractivity contribution in [3.8, 4) is 0 Å². The van der Waals surface area contributed by atoms with Crippen molar-refractivity contribution < 1.29 is 30.8 Å². The molecular formula is C21H20F4N4O3S. The zero-order valence-corrected chi connectivity index (χ0v) is 18.1. The van der Waals surface area contributed by atoms with E-state index in [1.54, 1.807) is 12.1 Å². The van der Waals surface area contributed by atoms with Gasteiger partial charge >= 0.3 is 6.18 Å². The van der Waals surface area contributed by atoms with Gasteiger partial charge in [0.1, 0.15) is 12.4 Å². The molecule has 2 aromatic carbocycles. The summed E-state index contributed by atoms with van der Waals surface area (Å²) in [6.45, 7) is -0.247. The first-order chi connectivity index (χ1) is 15.6. The summed E-state index contributed by atoms with van der Waals surface area (Å²) < 4.78 is 81.4. The molecule has 3 aromatic rings. The van der Waals surface area contributed by atoms with Crippen molar-refractivity contribution in [3.63, 3.8) is 0 Å². The number of carbonyl (C=O) groups excluding carboxylic acids is 1. The number of nitrogens with zero attached hydrogens (tertiary/aromatic N) is 4. The molecule has 0 spiro atoms.